The fourth-order valence-corrected chi connectivity index (χ4v) is 3.16. The van der Waals surface area contributed by atoms with E-state index in [2.05, 4.69) is 12.1 Å². The molecule has 2 N–H and O–H groups in total. The van der Waals surface area contributed by atoms with Crippen molar-refractivity contribution in [3.8, 4) is 5.75 Å². The molecule has 1 aliphatic rings. The van der Waals surface area contributed by atoms with Gasteiger partial charge in [-0.15, -0.1) is 0 Å². The number of carbonyl (C=O) groups excluding carboxylic acids is 1. The van der Waals surface area contributed by atoms with Gasteiger partial charge in [0.05, 0.1) is 7.11 Å². The molecule has 4 heteroatoms. The van der Waals surface area contributed by atoms with Gasteiger partial charge in [0.25, 0.3) is 5.91 Å². The average molecular weight is 297 g/mol. The summed E-state index contributed by atoms with van der Waals surface area (Å²) >= 11 is 0. The minimum atomic E-state index is -0.482. The van der Waals surface area contributed by atoms with Crippen LogP contribution < -0.4 is 10.2 Å². The summed E-state index contributed by atoms with van der Waals surface area (Å²) < 4.78 is 5.28. The van der Waals surface area contributed by atoms with Crippen LogP contribution >= 0.6 is 0 Å². The first-order valence-corrected chi connectivity index (χ1v) is 7.41. The molecule has 2 aromatic carbocycles. The molecule has 0 saturated carbocycles. The Labute approximate surface area is 129 Å². The van der Waals surface area contributed by atoms with Gasteiger partial charge in [-0.1, -0.05) is 18.2 Å². The highest BCUT2D eigenvalue weighted by Gasteiger charge is 2.23. The number of hydroxylamine groups is 1. The fourth-order valence-electron chi connectivity index (χ4n) is 3.16. The van der Waals surface area contributed by atoms with Crippen molar-refractivity contribution in [2.24, 2.45) is 0 Å². The summed E-state index contributed by atoms with van der Waals surface area (Å²) in [5.74, 6) is 0.946. The van der Waals surface area contributed by atoms with E-state index in [1.54, 1.807) is 24.7 Å². The van der Waals surface area contributed by atoms with Gasteiger partial charge in [0.15, 0.2) is 0 Å². The zero-order valence-corrected chi connectivity index (χ0v) is 12.5. The number of aryl methyl sites for hydroxylation is 1. The Morgan fingerprint density at radius 1 is 1.27 bits per heavy atom. The van der Waals surface area contributed by atoms with Crippen LogP contribution in [0.2, 0.25) is 0 Å². The molecule has 0 aromatic heterocycles. The lowest BCUT2D eigenvalue weighted by Gasteiger charge is -2.12. The fraction of sp³-hybridized carbons (Fsp3) is 0.278. The van der Waals surface area contributed by atoms with Gasteiger partial charge in [-0.2, -0.15) is 0 Å². The van der Waals surface area contributed by atoms with Crippen LogP contribution in [0, 0.1) is 0 Å². The number of benzene rings is 2. The minimum absolute atomic E-state index is 0.461. The topological polar surface area (TPSA) is 58.6 Å². The van der Waals surface area contributed by atoms with Gasteiger partial charge in [0.1, 0.15) is 5.75 Å². The van der Waals surface area contributed by atoms with E-state index in [0.717, 1.165) is 25.0 Å². The largest absolute Gasteiger partial charge is 0.497 e. The number of methoxy groups -OCH3 is 1. The molecule has 1 unspecified atom stereocenters. The highest BCUT2D eigenvalue weighted by molar-refractivity contribution is 5.93. The van der Waals surface area contributed by atoms with Crippen LogP contribution in [0.1, 0.15) is 39.4 Å². The summed E-state index contributed by atoms with van der Waals surface area (Å²) in [4.78, 5) is 11.3. The summed E-state index contributed by atoms with van der Waals surface area (Å²) in [5, 5.41) is 8.63. The molecular weight excluding hydrogens is 278 g/mol. The van der Waals surface area contributed by atoms with Crippen LogP contribution in [0.3, 0.4) is 0 Å². The van der Waals surface area contributed by atoms with Crippen molar-refractivity contribution in [2.45, 2.75) is 25.2 Å². The first-order chi connectivity index (χ1) is 10.7. The Kier molecular flexibility index (Phi) is 4.11. The molecule has 22 heavy (non-hydrogen) atoms. The van der Waals surface area contributed by atoms with Crippen LogP contribution in [0.4, 0.5) is 0 Å². The van der Waals surface area contributed by atoms with Crippen LogP contribution in [-0.2, 0) is 12.8 Å². The quantitative estimate of drug-likeness (QED) is 0.673. The monoisotopic (exact) mass is 297 g/mol. The van der Waals surface area contributed by atoms with Crippen molar-refractivity contribution in [1.82, 2.24) is 5.48 Å². The Hall–Kier alpha value is -2.33. The van der Waals surface area contributed by atoms with E-state index < -0.39 is 5.91 Å². The lowest BCUT2D eigenvalue weighted by atomic mass is 9.93. The molecule has 3 rings (SSSR count). The number of carbonyl (C=O) groups is 1. The van der Waals surface area contributed by atoms with Crippen LogP contribution in [0.15, 0.2) is 42.5 Å². The molecule has 0 aliphatic heterocycles. The second-order valence-electron chi connectivity index (χ2n) is 5.64. The molecule has 2 aromatic rings. The molecule has 0 saturated heterocycles. The van der Waals surface area contributed by atoms with E-state index in [1.165, 1.54) is 16.7 Å². The predicted molar refractivity (Wildman–Crippen MR) is 83.5 cm³/mol. The van der Waals surface area contributed by atoms with E-state index in [9.17, 15) is 4.79 Å². The molecule has 1 aliphatic carbocycles. The number of hydrogen-bond donors (Lipinski definition) is 2. The number of nitrogens with one attached hydrogen (secondary N) is 1. The molecule has 0 heterocycles. The summed E-state index contributed by atoms with van der Waals surface area (Å²) in [6, 6.07) is 13.7. The van der Waals surface area contributed by atoms with E-state index in [1.807, 2.05) is 18.2 Å². The molecule has 114 valence electrons. The summed E-state index contributed by atoms with van der Waals surface area (Å²) in [6.45, 7) is 0. The third kappa shape index (κ3) is 2.83. The van der Waals surface area contributed by atoms with Crippen molar-refractivity contribution in [1.29, 1.82) is 0 Å². The van der Waals surface area contributed by atoms with Crippen molar-refractivity contribution in [3.63, 3.8) is 0 Å². The normalized spacial score (nSPS) is 16.2. The summed E-state index contributed by atoms with van der Waals surface area (Å²) in [5.41, 5.74) is 6.08. The number of ether oxygens (including phenoxy) is 1. The second kappa shape index (κ2) is 6.20. The first-order valence-electron chi connectivity index (χ1n) is 7.41. The van der Waals surface area contributed by atoms with Gasteiger partial charge < -0.3 is 4.74 Å². The maximum Gasteiger partial charge on any atom is 0.274 e. The molecule has 0 radical (unpaired) electrons. The van der Waals surface area contributed by atoms with Gasteiger partial charge in [-0.25, -0.2) is 5.48 Å². The van der Waals surface area contributed by atoms with Crippen molar-refractivity contribution in [2.75, 3.05) is 7.11 Å². The number of fused-ring (bicyclic) bond motifs is 1. The van der Waals surface area contributed by atoms with E-state index in [0.29, 0.717) is 11.5 Å². The highest BCUT2D eigenvalue weighted by Crippen LogP contribution is 2.37. The summed E-state index contributed by atoms with van der Waals surface area (Å²) in [6.07, 6.45) is 3.18. The molecule has 0 bridgehead atoms. The minimum Gasteiger partial charge on any atom is -0.497 e. The Balaban J connectivity index is 1.74. The van der Waals surface area contributed by atoms with Crippen molar-refractivity contribution in [3.05, 3.63) is 64.7 Å². The lowest BCUT2D eigenvalue weighted by molar-refractivity contribution is 0.0706. The standard InChI is InChI=1S/C18H19NO3/c1-22-16-8-9-17-14(6-7-15(17)11-16)10-12-2-4-13(5-3-12)18(20)19-21/h2-5,8-9,11,14,21H,6-7,10H2,1H3,(H,19,20). The highest BCUT2D eigenvalue weighted by atomic mass is 16.5. The third-order valence-electron chi connectivity index (χ3n) is 4.35. The molecule has 1 atom stereocenters. The van der Waals surface area contributed by atoms with Gasteiger partial charge in [0, 0.05) is 5.56 Å². The van der Waals surface area contributed by atoms with Gasteiger partial charge in [0.2, 0.25) is 0 Å². The second-order valence-corrected chi connectivity index (χ2v) is 5.64. The first kappa shape index (κ1) is 14.6. The average Bonchev–Trinajstić information content (AvgIpc) is 2.97. The maximum absolute atomic E-state index is 11.3. The Morgan fingerprint density at radius 3 is 2.73 bits per heavy atom. The number of hydrogen-bond acceptors (Lipinski definition) is 3. The van der Waals surface area contributed by atoms with Crippen LogP contribution in [-0.4, -0.2) is 18.2 Å². The predicted octanol–water partition coefficient (Wildman–Crippen LogP) is 3.09. The summed E-state index contributed by atoms with van der Waals surface area (Å²) in [7, 11) is 1.69. The van der Waals surface area contributed by atoms with Crippen molar-refractivity contribution < 1.29 is 14.7 Å². The molecule has 0 fully saturated rings. The zero-order valence-electron chi connectivity index (χ0n) is 12.5. The van der Waals surface area contributed by atoms with E-state index in [-0.39, 0.29) is 0 Å². The molecular formula is C18H19NO3. The molecule has 4 nitrogen and oxygen atoms in total. The van der Waals surface area contributed by atoms with E-state index >= 15 is 0 Å². The van der Waals surface area contributed by atoms with Gasteiger partial charge >= 0.3 is 0 Å². The molecule has 0 spiro atoms. The van der Waals surface area contributed by atoms with Crippen LogP contribution in [0.5, 0.6) is 5.75 Å². The van der Waals surface area contributed by atoms with E-state index in [4.69, 9.17) is 9.94 Å². The zero-order chi connectivity index (χ0) is 15.5. The smallest absolute Gasteiger partial charge is 0.274 e. The van der Waals surface area contributed by atoms with Crippen molar-refractivity contribution >= 4 is 5.91 Å². The molecule has 1 amide bonds. The maximum atomic E-state index is 11.3. The third-order valence-corrected chi connectivity index (χ3v) is 4.35. The van der Waals surface area contributed by atoms with Crippen LogP contribution in [0.25, 0.3) is 0 Å². The number of rotatable bonds is 4. The van der Waals surface area contributed by atoms with Gasteiger partial charge in [-0.05, 0) is 66.1 Å². The Morgan fingerprint density at radius 2 is 2.05 bits per heavy atom. The SMILES string of the molecule is COc1ccc2c(c1)CCC2Cc1ccc(C(=O)NO)cc1. The Bertz CT molecular complexity index is 679. The lowest BCUT2D eigenvalue weighted by Crippen LogP contribution is -2.18. The van der Waals surface area contributed by atoms with Gasteiger partial charge in [-0.3, -0.25) is 10.0 Å². The number of amides is 1.